The summed E-state index contributed by atoms with van der Waals surface area (Å²) < 4.78 is 18.5. The van der Waals surface area contributed by atoms with Crippen LogP contribution in [0.15, 0.2) is 18.2 Å². The van der Waals surface area contributed by atoms with Gasteiger partial charge >= 0.3 is 6.09 Å². The average Bonchev–Trinajstić information content (AvgIpc) is 2.37. The predicted molar refractivity (Wildman–Crippen MR) is 82.9 cm³/mol. The van der Waals surface area contributed by atoms with Gasteiger partial charge < -0.3 is 4.74 Å². The number of imide groups is 1. The summed E-state index contributed by atoms with van der Waals surface area (Å²) in [6.45, 7) is 6.72. The van der Waals surface area contributed by atoms with Crippen LogP contribution >= 0.6 is 0 Å². The lowest BCUT2D eigenvalue weighted by atomic mass is 10.1. The Bertz CT molecular complexity index is 611. The Hall–Kier alpha value is -2.35. The Kier molecular flexibility index (Phi) is 5.69. The maximum atomic E-state index is 13.2. The van der Waals surface area contributed by atoms with E-state index in [1.807, 2.05) is 0 Å². The van der Waals surface area contributed by atoms with E-state index in [4.69, 9.17) is 11.2 Å². The van der Waals surface area contributed by atoms with Gasteiger partial charge in [-0.3, -0.25) is 4.79 Å². The third-order valence-electron chi connectivity index (χ3n) is 2.71. The molecule has 0 aliphatic rings. The van der Waals surface area contributed by atoms with Gasteiger partial charge in [-0.25, -0.2) is 14.1 Å². The largest absolute Gasteiger partial charge is 0.443 e. The van der Waals surface area contributed by atoms with Crippen LogP contribution in [0.1, 0.15) is 39.2 Å². The Balaban J connectivity index is 3.19. The van der Waals surface area contributed by atoms with Gasteiger partial charge in [0.1, 0.15) is 11.4 Å². The first-order valence-corrected chi connectivity index (χ1v) is 6.91. The highest BCUT2D eigenvalue weighted by Crippen LogP contribution is 2.24. The summed E-state index contributed by atoms with van der Waals surface area (Å²) in [5.41, 5.74) is -0.00653. The Labute approximate surface area is 130 Å². The van der Waals surface area contributed by atoms with Gasteiger partial charge in [-0.15, -0.1) is 12.3 Å². The highest BCUT2D eigenvalue weighted by Gasteiger charge is 2.29. The zero-order chi connectivity index (χ0) is 16.9. The number of halogens is 1. The molecule has 2 amide bonds. The van der Waals surface area contributed by atoms with E-state index < -0.39 is 23.4 Å². The second kappa shape index (κ2) is 7.08. The molecule has 0 saturated heterocycles. The molecule has 5 heteroatoms. The van der Waals surface area contributed by atoms with Gasteiger partial charge in [-0.1, -0.05) is 0 Å². The van der Waals surface area contributed by atoms with Crippen LogP contribution in [0.2, 0.25) is 0 Å². The zero-order valence-electron chi connectivity index (χ0n) is 13.3. The van der Waals surface area contributed by atoms with Crippen molar-refractivity contribution < 1.29 is 18.7 Å². The molecule has 0 spiro atoms. The van der Waals surface area contributed by atoms with E-state index >= 15 is 0 Å². The number of amides is 2. The molecule has 118 valence electrons. The standard InChI is InChI=1S/C17H20FNO3/c1-6-7-8-15(20)19(16(21)22-17(3,4)5)14-10-9-13(18)11-12(14)2/h1,9-11H,7-8H2,2-5H3. The van der Waals surface area contributed by atoms with E-state index in [-0.39, 0.29) is 18.5 Å². The molecule has 0 aromatic heterocycles. The maximum absolute atomic E-state index is 13.2. The second-order valence-electron chi connectivity index (χ2n) is 5.84. The van der Waals surface area contributed by atoms with E-state index in [1.54, 1.807) is 27.7 Å². The van der Waals surface area contributed by atoms with Gasteiger partial charge in [-0.2, -0.15) is 0 Å². The summed E-state index contributed by atoms with van der Waals surface area (Å²) >= 11 is 0. The summed E-state index contributed by atoms with van der Waals surface area (Å²) in [4.78, 5) is 25.6. The number of carbonyl (C=O) groups excluding carboxylic acids is 2. The first kappa shape index (κ1) is 17.7. The average molecular weight is 305 g/mol. The minimum absolute atomic E-state index is 0.00651. The third kappa shape index (κ3) is 4.88. The first-order valence-electron chi connectivity index (χ1n) is 6.91. The van der Waals surface area contributed by atoms with Crippen LogP contribution in [-0.2, 0) is 9.53 Å². The van der Waals surface area contributed by atoms with Crippen molar-refractivity contribution in [1.29, 1.82) is 0 Å². The number of hydrogen-bond acceptors (Lipinski definition) is 3. The smallest absolute Gasteiger partial charge is 0.421 e. The highest BCUT2D eigenvalue weighted by atomic mass is 19.1. The minimum atomic E-state index is -0.802. The lowest BCUT2D eigenvalue weighted by molar-refractivity contribution is -0.118. The third-order valence-corrected chi connectivity index (χ3v) is 2.71. The molecule has 0 N–H and O–H groups in total. The van der Waals surface area contributed by atoms with Crippen molar-refractivity contribution in [3.05, 3.63) is 29.6 Å². The molecule has 1 rings (SSSR count). The number of benzene rings is 1. The minimum Gasteiger partial charge on any atom is -0.443 e. The van der Waals surface area contributed by atoms with Crippen LogP contribution in [0, 0.1) is 25.1 Å². The molecule has 1 aromatic rings. The van der Waals surface area contributed by atoms with Crippen LogP contribution in [0.4, 0.5) is 14.9 Å². The number of nitrogens with zero attached hydrogens (tertiary/aromatic N) is 1. The SMILES string of the molecule is C#CCCC(=O)N(C(=O)OC(C)(C)C)c1ccc(F)cc1C. The van der Waals surface area contributed by atoms with Crippen molar-refractivity contribution >= 4 is 17.7 Å². The molecule has 0 radical (unpaired) electrons. The summed E-state index contributed by atoms with van der Waals surface area (Å²) in [6, 6.07) is 3.82. The monoisotopic (exact) mass is 305 g/mol. The number of anilines is 1. The lowest BCUT2D eigenvalue weighted by Gasteiger charge is -2.27. The molecule has 0 saturated carbocycles. The van der Waals surface area contributed by atoms with Gasteiger partial charge in [0, 0.05) is 12.8 Å². The van der Waals surface area contributed by atoms with Crippen molar-refractivity contribution in [3.63, 3.8) is 0 Å². The Morgan fingerprint density at radius 2 is 2.00 bits per heavy atom. The lowest BCUT2D eigenvalue weighted by Crippen LogP contribution is -2.41. The molecule has 22 heavy (non-hydrogen) atoms. The fourth-order valence-corrected chi connectivity index (χ4v) is 1.80. The molecular weight excluding hydrogens is 285 g/mol. The summed E-state index contributed by atoms with van der Waals surface area (Å²) in [6.07, 6.45) is 4.57. The normalized spacial score (nSPS) is 10.7. The number of carbonyl (C=O) groups is 2. The number of aryl methyl sites for hydroxylation is 1. The fraction of sp³-hybridized carbons (Fsp3) is 0.412. The molecule has 4 nitrogen and oxygen atoms in total. The van der Waals surface area contributed by atoms with Crippen molar-refractivity contribution in [2.45, 2.75) is 46.1 Å². The van der Waals surface area contributed by atoms with Crippen molar-refractivity contribution in [1.82, 2.24) is 0 Å². The zero-order valence-corrected chi connectivity index (χ0v) is 13.3. The highest BCUT2D eigenvalue weighted by molar-refractivity contribution is 6.12. The van der Waals surface area contributed by atoms with Crippen LogP contribution in [0.5, 0.6) is 0 Å². The van der Waals surface area contributed by atoms with Crippen LogP contribution in [-0.4, -0.2) is 17.6 Å². The molecular formula is C17H20FNO3. The van der Waals surface area contributed by atoms with Crippen molar-refractivity contribution in [2.24, 2.45) is 0 Å². The van der Waals surface area contributed by atoms with E-state index in [0.717, 1.165) is 4.90 Å². The summed E-state index contributed by atoms with van der Waals surface area (Å²) in [5.74, 6) is 1.43. The quantitative estimate of drug-likeness (QED) is 0.798. The number of terminal acetylenes is 1. The summed E-state index contributed by atoms with van der Waals surface area (Å²) in [5, 5.41) is 0. The fourth-order valence-electron chi connectivity index (χ4n) is 1.80. The van der Waals surface area contributed by atoms with Gasteiger partial charge in [0.15, 0.2) is 0 Å². The van der Waals surface area contributed by atoms with Gasteiger partial charge in [-0.05, 0) is 51.5 Å². The van der Waals surface area contributed by atoms with Gasteiger partial charge in [0.25, 0.3) is 0 Å². The van der Waals surface area contributed by atoms with E-state index in [2.05, 4.69) is 5.92 Å². The molecule has 0 aliphatic heterocycles. The summed E-state index contributed by atoms with van der Waals surface area (Å²) in [7, 11) is 0. The number of hydrogen-bond donors (Lipinski definition) is 0. The molecule has 0 fully saturated rings. The molecule has 1 aromatic carbocycles. The predicted octanol–water partition coefficient (Wildman–Crippen LogP) is 3.82. The maximum Gasteiger partial charge on any atom is 0.421 e. The van der Waals surface area contributed by atoms with E-state index in [9.17, 15) is 14.0 Å². The van der Waals surface area contributed by atoms with Crippen LogP contribution < -0.4 is 4.90 Å². The molecule has 0 aliphatic carbocycles. The molecule has 0 bridgehead atoms. The van der Waals surface area contributed by atoms with Crippen molar-refractivity contribution in [2.75, 3.05) is 4.90 Å². The van der Waals surface area contributed by atoms with E-state index in [0.29, 0.717) is 5.56 Å². The molecule has 0 unspecified atom stereocenters. The van der Waals surface area contributed by atoms with Crippen LogP contribution in [0.3, 0.4) is 0 Å². The molecule has 0 atom stereocenters. The van der Waals surface area contributed by atoms with Crippen LogP contribution in [0.25, 0.3) is 0 Å². The van der Waals surface area contributed by atoms with Gasteiger partial charge in [0.05, 0.1) is 5.69 Å². The first-order chi connectivity index (χ1) is 10.2. The van der Waals surface area contributed by atoms with E-state index in [1.165, 1.54) is 18.2 Å². The van der Waals surface area contributed by atoms with Gasteiger partial charge in [0.2, 0.25) is 5.91 Å². The Morgan fingerprint density at radius 3 is 2.50 bits per heavy atom. The van der Waals surface area contributed by atoms with Crippen molar-refractivity contribution in [3.8, 4) is 12.3 Å². The Morgan fingerprint density at radius 1 is 1.36 bits per heavy atom. The molecule has 0 heterocycles. The second-order valence-corrected chi connectivity index (χ2v) is 5.84. The topological polar surface area (TPSA) is 46.6 Å². The number of ether oxygens (including phenoxy) is 1. The number of rotatable bonds is 3.